The number of carbonyl (C=O) groups excluding carboxylic acids is 1. The van der Waals surface area contributed by atoms with Crippen molar-refractivity contribution in [2.75, 3.05) is 19.0 Å². The van der Waals surface area contributed by atoms with Gasteiger partial charge in [-0.1, -0.05) is 57.6 Å². The van der Waals surface area contributed by atoms with Crippen LogP contribution >= 0.6 is 0 Å². The highest BCUT2D eigenvalue weighted by atomic mass is 19.3. The van der Waals surface area contributed by atoms with Crippen LogP contribution in [0.4, 0.5) is 14.5 Å². The van der Waals surface area contributed by atoms with E-state index >= 15 is 0 Å². The third kappa shape index (κ3) is 7.54. The molecule has 1 aromatic rings. The zero-order valence-electron chi connectivity index (χ0n) is 15.9. The first-order valence-corrected chi connectivity index (χ1v) is 9.51. The van der Waals surface area contributed by atoms with E-state index < -0.39 is 11.8 Å². The molecule has 0 fully saturated rings. The van der Waals surface area contributed by atoms with E-state index in [1.807, 2.05) is 31.1 Å². The van der Waals surface area contributed by atoms with Crippen molar-refractivity contribution in [2.45, 2.75) is 76.6 Å². The van der Waals surface area contributed by atoms with Crippen molar-refractivity contribution in [3.63, 3.8) is 0 Å². The molecular formula is C21H33F2NO. The third-order valence-electron chi connectivity index (χ3n) is 4.77. The SMILES string of the molecule is CCCCCCCCCC(F)(F)[C@H](CC=O)c1ccc(N(C)C)cc1. The summed E-state index contributed by atoms with van der Waals surface area (Å²) in [5.41, 5.74) is 1.51. The van der Waals surface area contributed by atoms with E-state index in [0.29, 0.717) is 18.3 Å². The molecule has 0 saturated carbocycles. The van der Waals surface area contributed by atoms with Gasteiger partial charge in [0.25, 0.3) is 5.92 Å². The zero-order chi connectivity index (χ0) is 18.7. The predicted octanol–water partition coefficient (Wildman–Crippen LogP) is 6.20. The Bertz CT molecular complexity index is 485. The van der Waals surface area contributed by atoms with Gasteiger partial charge < -0.3 is 9.69 Å². The quantitative estimate of drug-likeness (QED) is 0.311. The van der Waals surface area contributed by atoms with Gasteiger partial charge in [-0.2, -0.15) is 0 Å². The highest BCUT2D eigenvalue weighted by Gasteiger charge is 2.39. The van der Waals surface area contributed by atoms with Crippen LogP contribution < -0.4 is 4.90 Å². The summed E-state index contributed by atoms with van der Waals surface area (Å²) in [5, 5.41) is 0. The Labute approximate surface area is 151 Å². The largest absolute Gasteiger partial charge is 0.378 e. The fraction of sp³-hybridized carbons (Fsp3) is 0.667. The number of anilines is 1. The van der Waals surface area contributed by atoms with Crippen LogP contribution in [0.15, 0.2) is 24.3 Å². The standard InChI is InChI=1S/C21H33F2NO/c1-4-5-6-7-8-9-10-16-21(22,23)20(15-17-25)18-11-13-19(14-12-18)24(2)3/h11-14,17,20H,4-10,15-16H2,1-3H3/t20-/m1/s1. The lowest BCUT2D eigenvalue weighted by Gasteiger charge is -2.26. The van der Waals surface area contributed by atoms with E-state index in [-0.39, 0.29) is 12.8 Å². The Morgan fingerprint density at radius 1 is 1.00 bits per heavy atom. The smallest absolute Gasteiger partial charge is 0.255 e. The summed E-state index contributed by atoms with van der Waals surface area (Å²) in [4.78, 5) is 12.9. The van der Waals surface area contributed by atoms with Gasteiger partial charge in [0.15, 0.2) is 0 Å². The molecular weight excluding hydrogens is 320 g/mol. The number of alkyl halides is 2. The average Bonchev–Trinajstić information content (AvgIpc) is 2.59. The van der Waals surface area contributed by atoms with Crippen LogP contribution in [0.25, 0.3) is 0 Å². The minimum Gasteiger partial charge on any atom is -0.378 e. The van der Waals surface area contributed by atoms with Gasteiger partial charge in [0.05, 0.1) is 5.92 Å². The van der Waals surface area contributed by atoms with Crippen LogP contribution in [0.1, 0.15) is 76.2 Å². The van der Waals surface area contributed by atoms with Crippen LogP contribution in [0.5, 0.6) is 0 Å². The Kier molecular flexibility index (Phi) is 9.69. The second-order valence-electron chi connectivity index (χ2n) is 7.07. The van der Waals surface area contributed by atoms with E-state index in [1.54, 1.807) is 12.1 Å². The van der Waals surface area contributed by atoms with Crippen molar-refractivity contribution in [1.29, 1.82) is 0 Å². The Balaban J connectivity index is 2.61. The maximum absolute atomic E-state index is 14.7. The van der Waals surface area contributed by atoms with Crippen LogP contribution in [-0.2, 0) is 4.79 Å². The first-order valence-electron chi connectivity index (χ1n) is 9.51. The molecule has 0 heterocycles. The number of hydrogen-bond acceptors (Lipinski definition) is 2. The molecule has 142 valence electrons. The van der Waals surface area contributed by atoms with Crippen LogP contribution in [0.2, 0.25) is 0 Å². The molecule has 25 heavy (non-hydrogen) atoms. The molecule has 0 aliphatic rings. The van der Waals surface area contributed by atoms with Gasteiger partial charge in [0.1, 0.15) is 6.29 Å². The number of carbonyl (C=O) groups is 1. The molecule has 0 aliphatic carbocycles. The molecule has 0 spiro atoms. The first-order chi connectivity index (χ1) is 11.9. The number of rotatable bonds is 13. The van der Waals surface area contributed by atoms with Crippen molar-refractivity contribution in [1.82, 2.24) is 0 Å². The van der Waals surface area contributed by atoms with Gasteiger partial charge in [-0.05, 0) is 24.1 Å². The third-order valence-corrected chi connectivity index (χ3v) is 4.77. The number of nitrogens with zero attached hydrogens (tertiary/aromatic N) is 1. The van der Waals surface area contributed by atoms with Crippen molar-refractivity contribution >= 4 is 12.0 Å². The molecule has 0 N–H and O–H groups in total. The molecule has 4 heteroatoms. The lowest BCUT2D eigenvalue weighted by atomic mass is 9.87. The summed E-state index contributed by atoms with van der Waals surface area (Å²) in [5.74, 6) is -3.87. The predicted molar refractivity (Wildman–Crippen MR) is 102 cm³/mol. The molecule has 1 rings (SSSR count). The fourth-order valence-electron chi connectivity index (χ4n) is 3.15. The highest BCUT2D eigenvalue weighted by Crippen LogP contribution is 2.40. The minimum absolute atomic E-state index is 0.134. The maximum Gasteiger partial charge on any atom is 0.255 e. The minimum atomic E-state index is -2.84. The number of halogens is 2. The monoisotopic (exact) mass is 353 g/mol. The summed E-state index contributed by atoms with van der Waals surface area (Å²) in [6.07, 6.45) is 7.45. The molecule has 0 bridgehead atoms. The fourth-order valence-corrected chi connectivity index (χ4v) is 3.15. The lowest BCUT2D eigenvalue weighted by molar-refractivity contribution is -0.111. The summed E-state index contributed by atoms with van der Waals surface area (Å²) >= 11 is 0. The number of benzene rings is 1. The topological polar surface area (TPSA) is 20.3 Å². The second kappa shape index (κ2) is 11.2. The summed E-state index contributed by atoms with van der Waals surface area (Å²) in [6.45, 7) is 2.17. The van der Waals surface area contributed by atoms with Crippen molar-refractivity contribution in [3.8, 4) is 0 Å². The number of hydrogen-bond donors (Lipinski definition) is 0. The van der Waals surface area contributed by atoms with E-state index in [9.17, 15) is 13.6 Å². The molecule has 2 nitrogen and oxygen atoms in total. The maximum atomic E-state index is 14.7. The van der Waals surface area contributed by atoms with Crippen LogP contribution in [0, 0.1) is 0 Å². The normalized spacial score (nSPS) is 12.8. The first kappa shape index (κ1) is 21.6. The molecule has 0 unspecified atom stereocenters. The van der Waals surface area contributed by atoms with Crippen molar-refractivity contribution in [2.24, 2.45) is 0 Å². The average molecular weight is 353 g/mol. The Hall–Kier alpha value is -1.45. The summed E-state index contributed by atoms with van der Waals surface area (Å²) < 4.78 is 29.4. The van der Waals surface area contributed by atoms with Crippen LogP contribution in [-0.4, -0.2) is 26.3 Å². The van der Waals surface area contributed by atoms with E-state index in [4.69, 9.17) is 0 Å². The van der Waals surface area contributed by atoms with E-state index in [0.717, 1.165) is 24.9 Å². The van der Waals surface area contributed by atoms with Gasteiger partial charge in [-0.3, -0.25) is 0 Å². The van der Waals surface area contributed by atoms with Crippen LogP contribution in [0.3, 0.4) is 0 Å². The molecule has 0 aromatic heterocycles. The molecule has 0 radical (unpaired) electrons. The van der Waals surface area contributed by atoms with Gasteiger partial charge in [0, 0.05) is 32.6 Å². The van der Waals surface area contributed by atoms with Crippen molar-refractivity contribution < 1.29 is 13.6 Å². The van der Waals surface area contributed by atoms with Crippen molar-refractivity contribution in [3.05, 3.63) is 29.8 Å². The number of unbranched alkanes of at least 4 members (excludes halogenated alkanes) is 6. The summed E-state index contributed by atoms with van der Waals surface area (Å²) in [7, 11) is 3.82. The lowest BCUT2D eigenvalue weighted by Crippen LogP contribution is -2.27. The second-order valence-corrected chi connectivity index (χ2v) is 7.07. The number of aldehydes is 1. The van der Waals surface area contributed by atoms with Gasteiger partial charge >= 0.3 is 0 Å². The molecule has 0 aliphatic heterocycles. The Morgan fingerprint density at radius 3 is 2.08 bits per heavy atom. The summed E-state index contributed by atoms with van der Waals surface area (Å²) in [6, 6.07) is 7.11. The molecule has 0 saturated heterocycles. The van der Waals surface area contributed by atoms with Gasteiger partial charge in [0.2, 0.25) is 0 Å². The highest BCUT2D eigenvalue weighted by molar-refractivity contribution is 5.53. The van der Waals surface area contributed by atoms with Gasteiger partial charge in [-0.25, -0.2) is 8.78 Å². The molecule has 1 aromatic carbocycles. The Morgan fingerprint density at radius 2 is 1.56 bits per heavy atom. The van der Waals surface area contributed by atoms with E-state index in [2.05, 4.69) is 6.92 Å². The van der Waals surface area contributed by atoms with Gasteiger partial charge in [-0.15, -0.1) is 0 Å². The molecule has 0 amide bonds. The van der Waals surface area contributed by atoms with E-state index in [1.165, 1.54) is 19.3 Å². The molecule has 1 atom stereocenters. The zero-order valence-corrected chi connectivity index (χ0v) is 15.9.